The van der Waals surface area contributed by atoms with Gasteiger partial charge in [-0.2, -0.15) is 17.5 Å². The zero-order chi connectivity index (χ0) is 26.1. The van der Waals surface area contributed by atoms with Crippen molar-refractivity contribution in [2.75, 3.05) is 52.4 Å². The molecule has 2 amide bonds. The molecule has 2 fully saturated rings. The molecule has 1 aromatic rings. The highest BCUT2D eigenvalue weighted by Gasteiger charge is 2.38. The molecule has 0 saturated carbocycles. The Morgan fingerprint density at radius 2 is 1.69 bits per heavy atom. The van der Waals surface area contributed by atoms with Crippen molar-refractivity contribution in [3.05, 3.63) is 30.3 Å². The number of nitrogens with one attached hydrogen (secondary N) is 1. The predicted octanol–water partition coefficient (Wildman–Crippen LogP) is 0.755. The van der Waals surface area contributed by atoms with Gasteiger partial charge in [0.1, 0.15) is 0 Å². The highest BCUT2D eigenvalue weighted by molar-refractivity contribution is 7.89. The van der Waals surface area contributed by atoms with Gasteiger partial charge in [-0.1, -0.05) is 18.2 Å². The number of piperazine rings is 1. The van der Waals surface area contributed by atoms with Gasteiger partial charge in [0.25, 0.3) is 0 Å². The van der Waals surface area contributed by atoms with Crippen LogP contribution >= 0.6 is 0 Å². The van der Waals surface area contributed by atoms with E-state index in [4.69, 9.17) is 9.90 Å². The molecule has 0 radical (unpaired) electrons. The predicted molar refractivity (Wildman–Crippen MR) is 119 cm³/mol. The molecule has 14 heteroatoms. The number of carbonyl (C=O) groups is 3. The van der Waals surface area contributed by atoms with Crippen LogP contribution in [0.2, 0.25) is 0 Å². The van der Waals surface area contributed by atoms with Gasteiger partial charge in [-0.3, -0.25) is 9.59 Å². The first-order chi connectivity index (χ1) is 16.4. The summed E-state index contributed by atoms with van der Waals surface area (Å²) >= 11 is 0. The molecule has 0 aromatic heterocycles. The summed E-state index contributed by atoms with van der Waals surface area (Å²) in [5.41, 5.74) is 0. The SMILES string of the molecule is O=C(O)C(F)(F)F.O=C1CCCN1CCCN(CC(=O)N1CCNCC1)S(=O)(=O)c1ccccc1. The molecule has 2 aliphatic rings. The molecule has 3 rings (SSSR count). The van der Waals surface area contributed by atoms with Crippen LogP contribution < -0.4 is 5.32 Å². The average molecular weight is 523 g/mol. The van der Waals surface area contributed by atoms with E-state index < -0.39 is 22.2 Å². The van der Waals surface area contributed by atoms with Crippen LogP contribution in [0.15, 0.2) is 35.2 Å². The van der Waals surface area contributed by atoms with Gasteiger partial charge in [-0.05, 0) is 25.0 Å². The number of aliphatic carboxylic acids is 1. The zero-order valence-corrected chi connectivity index (χ0v) is 19.9. The minimum atomic E-state index is -5.08. The smallest absolute Gasteiger partial charge is 0.475 e. The second-order valence-corrected chi connectivity index (χ2v) is 9.86. The molecule has 2 aliphatic heterocycles. The topological polar surface area (TPSA) is 127 Å². The first-order valence-corrected chi connectivity index (χ1v) is 12.5. The maximum atomic E-state index is 13.1. The van der Waals surface area contributed by atoms with Crippen LogP contribution in [0.1, 0.15) is 19.3 Å². The monoisotopic (exact) mass is 522 g/mol. The number of rotatable bonds is 8. The second kappa shape index (κ2) is 12.8. The maximum absolute atomic E-state index is 13.1. The molecule has 2 heterocycles. The Balaban J connectivity index is 0.000000540. The van der Waals surface area contributed by atoms with Gasteiger partial charge in [-0.15, -0.1) is 0 Å². The number of hydrogen-bond acceptors (Lipinski definition) is 6. The van der Waals surface area contributed by atoms with Gasteiger partial charge in [0, 0.05) is 52.2 Å². The van der Waals surface area contributed by atoms with Crippen molar-refractivity contribution >= 4 is 27.8 Å². The molecular weight excluding hydrogens is 493 g/mol. The van der Waals surface area contributed by atoms with E-state index in [2.05, 4.69) is 5.32 Å². The Labute approximate surface area is 201 Å². The van der Waals surface area contributed by atoms with E-state index in [1.807, 2.05) is 0 Å². The van der Waals surface area contributed by atoms with Crippen LogP contribution in [-0.4, -0.2) is 104 Å². The summed E-state index contributed by atoms with van der Waals surface area (Å²) in [6.45, 7) is 3.87. The summed E-state index contributed by atoms with van der Waals surface area (Å²) in [5.74, 6) is -2.82. The van der Waals surface area contributed by atoms with E-state index in [-0.39, 0.29) is 29.8 Å². The van der Waals surface area contributed by atoms with Crippen LogP contribution in [0.5, 0.6) is 0 Å². The number of likely N-dealkylation sites (tertiary alicyclic amines) is 1. The molecular formula is C21H29F3N4O6S. The van der Waals surface area contributed by atoms with Crippen molar-refractivity contribution in [1.82, 2.24) is 19.4 Å². The molecule has 0 unspecified atom stereocenters. The van der Waals surface area contributed by atoms with E-state index in [1.165, 1.54) is 4.31 Å². The molecule has 35 heavy (non-hydrogen) atoms. The number of amides is 2. The van der Waals surface area contributed by atoms with Gasteiger partial charge < -0.3 is 20.2 Å². The van der Waals surface area contributed by atoms with E-state index >= 15 is 0 Å². The molecule has 2 saturated heterocycles. The van der Waals surface area contributed by atoms with Crippen molar-refractivity contribution < 1.29 is 41.1 Å². The fourth-order valence-electron chi connectivity index (χ4n) is 3.57. The summed E-state index contributed by atoms with van der Waals surface area (Å²) in [7, 11) is -3.78. The molecule has 0 atom stereocenters. The summed E-state index contributed by atoms with van der Waals surface area (Å²) in [4.78, 5) is 37.0. The summed E-state index contributed by atoms with van der Waals surface area (Å²) < 4.78 is 59.2. The van der Waals surface area contributed by atoms with Crippen molar-refractivity contribution in [3.8, 4) is 0 Å². The summed E-state index contributed by atoms with van der Waals surface area (Å²) in [6, 6.07) is 8.19. The van der Waals surface area contributed by atoms with E-state index in [1.54, 1.807) is 40.1 Å². The lowest BCUT2D eigenvalue weighted by Crippen LogP contribution is -2.50. The highest BCUT2D eigenvalue weighted by atomic mass is 32.2. The van der Waals surface area contributed by atoms with Gasteiger partial charge in [0.2, 0.25) is 21.8 Å². The van der Waals surface area contributed by atoms with Crippen LogP contribution in [0.25, 0.3) is 0 Å². The largest absolute Gasteiger partial charge is 0.490 e. The second-order valence-electron chi connectivity index (χ2n) is 7.92. The number of halogens is 3. The first-order valence-electron chi connectivity index (χ1n) is 11.0. The Morgan fingerprint density at radius 3 is 2.20 bits per heavy atom. The Hall–Kier alpha value is -2.71. The van der Waals surface area contributed by atoms with Crippen LogP contribution in [-0.2, 0) is 24.4 Å². The van der Waals surface area contributed by atoms with Crippen molar-refractivity contribution in [2.45, 2.75) is 30.3 Å². The molecule has 0 bridgehead atoms. The number of nitrogens with zero attached hydrogens (tertiary/aromatic N) is 3. The fraction of sp³-hybridized carbons (Fsp3) is 0.571. The van der Waals surface area contributed by atoms with Crippen molar-refractivity contribution in [1.29, 1.82) is 0 Å². The Bertz CT molecular complexity index is 969. The number of benzene rings is 1. The third kappa shape index (κ3) is 8.78. The molecule has 1 aromatic carbocycles. The van der Waals surface area contributed by atoms with Crippen molar-refractivity contribution in [2.24, 2.45) is 0 Å². The van der Waals surface area contributed by atoms with Gasteiger partial charge in [-0.25, -0.2) is 13.2 Å². The third-order valence-corrected chi connectivity index (χ3v) is 7.27. The van der Waals surface area contributed by atoms with E-state index in [0.717, 1.165) is 13.0 Å². The standard InChI is InChI=1S/C19H28N4O4S.C2HF3O2/c24-18-8-4-11-21(18)12-5-13-23(16-19(25)22-14-9-20-10-15-22)28(26,27)17-6-2-1-3-7-17;3-2(4,5)1(6)7/h1-3,6-7,20H,4-5,8-16H2;(H,6,7). The van der Waals surface area contributed by atoms with Gasteiger partial charge in [0.05, 0.1) is 11.4 Å². The van der Waals surface area contributed by atoms with Gasteiger partial charge in [0.15, 0.2) is 0 Å². The average Bonchev–Trinajstić information content (AvgIpc) is 3.23. The van der Waals surface area contributed by atoms with Crippen LogP contribution in [0.3, 0.4) is 0 Å². The van der Waals surface area contributed by atoms with Crippen molar-refractivity contribution in [3.63, 3.8) is 0 Å². The number of carbonyl (C=O) groups excluding carboxylic acids is 2. The summed E-state index contributed by atoms with van der Waals surface area (Å²) in [5, 5.41) is 10.3. The minimum Gasteiger partial charge on any atom is -0.475 e. The minimum absolute atomic E-state index is 0.120. The maximum Gasteiger partial charge on any atom is 0.490 e. The lowest BCUT2D eigenvalue weighted by Gasteiger charge is -2.30. The lowest BCUT2D eigenvalue weighted by atomic mass is 10.3. The Morgan fingerprint density at radius 1 is 1.09 bits per heavy atom. The zero-order valence-electron chi connectivity index (χ0n) is 19.0. The first kappa shape index (κ1) is 28.5. The highest BCUT2D eigenvalue weighted by Crippen LogP contribution is 2.17. The third-order valence-electron chi connectivity index (χ3n) is 5.41. The number of carboxylic acids is 1. The molecule has 196 valence electrons. The van der Waals surface area contributed by atoms with Gasteiger partial charge >= 0.3 is 12.1 Å². The normalized spacial score (nSPS) is 16.7. The molecule has 0 spiro atoms. The Kier molecular flexibility index (Phi) is 10.5. The molecule has 0 aliphatic carbocycles. The summed E-state index contributed by atoms with van der Waals surface area (Å²) in [6.07, 6.45) is -3.16. The van der Waals surface area contributed by atoms with Crippen LogP contribution in [0, 0.1) is 0 Å². The van der Waals surface area contributed by atoms with E-state index in [0.29, 0.717) is 45.6 Å². The number of carboxylic acid groups (broad SMARTS) is 1. The van der Waals surface area contributed by atoms with Crippen LogP contribution in [0.4, 0.5) is 13.2 Å². The number of hydrogen-bond donors (Lipinski definition) is 2. The molecule has 10 nitrogen and oxygen atoms in total. The number of alkyl halides is 3. The fourth-order valence-corrected chi connectivity index (χ4v) is 5.02. The lowest BCUT2D eigenvalue weighted by molar-refractivity contribution is -0.192. The quantitative estimate of drug-likeness (QED) is 0.516. The number of sulfonamides is 1. The van der Waals surface area contributed by atoms with E-state index in [9.17, 15) is 31.2 Å². The molecule has 2 N–H and O–H groups in total.